The van der Waals surface area contributed by atoms with Crippen molar-refractivity contribution < 1.29 is 96.4 Å². The molecule has 0 radical (unpaired) electrons. The van der Waals surface area contributed by atoms with E-state index in [1.807, 2.05) is 12.1 Å². The number of guanidine groups is 1. The highest BCUT2D eigenvalue weighted by Crippen LogP contribution is 2.24. The van der Waals surface area contributed by atoms with E-state index in [0.29, 0.717) is 30.5 Å². The first kappa shape index (κ1) is 114. The van der Waals surface area contributed by atoms with Crippen LogP contribution in [0.5, 0.6) is 0 Å². The second-order valence-electron chi connectivity index (χ2n) is 35.5. The first-order valence-electron chi connectivity index (χ1n) is 48.6. The number of H-pyrrole nitrogens is 3. The number of rotatable bonds is 58. The molecule has 47 nitrogen and oxygen atoms in total. The summed E-state index contributed by atoms with van der Waals surface area (Å²) in [5.74, 6) is -13.6. The number of hydrogen-bond donors (Lipinski definition) is 24. The number of para-hydroxylation sites is 1. The molecule has 5 heterocycles. The van der Waals surface area contributed by atoms with Crippen LogP contribution in [0.3, 0.4) is 0 Å². The number of primary amides is 2. The molecule has 2 fully saturated rings. The van der Waals surface area contributed by atoms with Crippen molar-refractivity contribution in [1.82, 2.24) is 120 Å². The van der Waals surface area contributed by atoms with Gasteiger partial charge in [-0.05, 0) is 91.8 Å². The summed E-state index contributed by atoms with van der Waals surface area (Å²) in [6.45, 7) is 2.95. The smallest absolute Gasteiger partial charge is 0.246 e. The number of carbonyl (C=O) groups is 16. The Balaban J connectivity index is 0.968. The fourth-order valence-corrected chi connectivity index (χ4v) is 16.0. The Morgan fingerprint density at radius 2 is 1.24 bits per heavy atom. The van der Waals surface area contributed by atoms with E-state index in [2.05, 4.69) is 115 Å². The molecule has 7 rings (SSSR count). The van der Waals surface area contributed by atoms with Gasteiger partial charge in [0, 0.05) is 113 Å². The molecule has 2 aliphatic heterocycles. The molecule has 2 aromatic carbocycles. The van der Waals surface area contributed by atoms with Crippen LogP contribution in [0.2, 0.25) is 0 Å². The third-order valence-electron chi connectivity index (χ3n) is 23.7. The summed E-state index contributed by atoms with van der Waals surface area (Å²) < 4.78 is 11.0. The zero-order chi connectivity index (χ0) is 102. The van der Waals surface area contributed by atoms with Crippen LogP contribution in [0.1, 0.15) is 217 Å². The molecule has 140 heavy (non-hydrogen) atoms. The van der Waals surface area contributed by atoms with Crippen molar-refractivity contribution >= 4 is 111 Å². The molecule has 0 saturated carbocycles. The number of aromatic nitrogens is 7. The van der Waals surface area contributed by atoms with Gasteiger partial charge in [-0.2, -0.15) is 0 Å². The molecule has 0 bridgehead atoms. The predicted molar refractivity (Wildman–Crippen MR) is 513 cm³/mol. The number of amides is 16. The third-order valence-corrected chi connectivity index (χ3v) is 23.7. The summed E-state index contributed by atoms with van der Waals surface area (Å²) in [7, 11) is 0. The number of aliphatic hydroxyl groups is 2. The molecule has 2 saturated heterocycles. The fourth-order valence-electron chi connectivity index (χ4n) is 16.0. The van der Waals surface area contributed by atoms with Gasteiger partial charge in [-0.25, -0.2) is 10.1 Å². The standard InChI is InChI=1S/C93H145N27O20/c1-4-5-30-66(83(129)111-69-37-39-79(125)99-40-25-24-32-65(82(95)128)107-87(133)71(47-60-50-103-64-31-23-22-29-63(60)64)112-84(130)67(33-26-41-101-93(96)97)108-86(132)70(46-59-27-18-17-19-28-59)114-91(137)75-49-62(122)54-120(75)92(69)138)109-90(136)74(55-121)115-88(134)72(48-61-51-98-57-105-61)113-85(131)68(36-38-76(94)123)110-89(135)73(52-102-58(2)3)106-80(126)53-104-81(127)56-140-45-44-139-43-42-100-78(124)35-21-16-14-12-10-8-6-7-9-11-13-15-20-34-77-116-118-119-117-77/h17-19,22-23,27-29,31,50-51,57-58,62,65-75,102-103,121-122H,4-16,20-21,24-26,30,32-49,52-56H2,1-3H3,(H2,94,123)(H2,95,128)(H,98,105)(H,99,125)(H,100,124)(H,104,127)(H,106,126)(H,107,133)(H,108,132)(H,109,136)(H,110,135)(H,111,129)(H,112,130)(H,113,131)(H,114,137)(H,115,134)(H4,96,97,101)(H,116,117,118,119)/t62-,65+,66+,67+,68+,69+,70-,71+,72+,73+,74-,75+/m1/s1. The molecule has 0 aliphatic carbocycles. The van der Waals surface area contributed by atoms with Crippen molar-refractivity contribution in [2.45, 2.75) is 298 Å². The Bertz CT molecular complexity index is 4740. The number of nitrogens with zero attached hydrogens (tertiary/aromatic N) is 5. The second-order valence-corrected chi connectivity index (χ2v) is 35.5. The number of aryl methyl sites for hydroxylation is 1. The largest absolute Gasteiger partial charge is 0.394 e. The van der Waals surface area contributed by atoms with E-state index in [1.54, 1.807) is 69.4 Å². The monoisotopic (exact) mass is 1960 g/mol. The van der Waals surface area contributed by atoms with Gasteiger partial charge < -0.3 is 132 Å². The van der Waals surface area contributed by atoms with E-state index >= 15 is 14.4 Å². The Morgan fingerprint density at radius 1 is 0.607 bits per heavy atom. The van der Waals surface area contributed by atoms with Crippen molar-refractivity contribution in [2.75, 3.05) is 72.3 Å². The zero-order valence-corrected chi connectivity index (χ0v) is 80.3. The number of nitrogens with two attached hydrogens (primary N) is 3. The topological polar surface area (TPSA) is 717 Å². The molecule has 2 aliphatic rings. The molecule has 12 atom stereocenters. The summed E-state index contributed by atoms with van der Waals surface area (Å²) in [6.07, 6.45) is 16.9. The molecule has 16 amide bonds. The van der Waals surface area contributed by atoms with Crippen molar-refractivity contribution in [3.05, 3.63) is 96.0 Å². The quantitative estimate of drug-likeness (QED) is 0.0109. The molecule has 27 N–H and O–H groups in total. The number of benzene rings is 2. The highest BCUT2D eigenvalue weighted by Gasteiger charge is 2.44. The summed E-state index contributed by atoms with van der Waals surface area (Å²) >= 11 is 0. The Morgan fingerprint density at radius 3 is 1.91 bits per heavy atom. The molecular formula is C93H145N27O20. The van der Waals surface area contributed by atoms with Crippen molar-refractivity contribution in [3.8, 4) is 0 Å². The lowest BCUT2D eigenvalue weighted by Gasteiger charge is -2.31. The molecule has 0 spiro atoms. The number of ether oxygens (including phenoxy) is 2. The zero-order valence-electron chi connectivity index (χ0n) is 80.3. The minimum Gasteiger partial charge on any atom is -0.394 e. The van der Waals surface area contributed by atoms with Crippen molar-refractivity contribution in [3.63, 3.8) is 0 Å². The van der Waals surface area contributed by atoms with E-state index in [0.717, 1.165) is 60.2 Å². The van der Waals surface area contributed by atoms with Crippen LogP contribution in [0, 0.1) is 5.41 Å². The van der Waals surface area contributed by atoms with Gasteiger partial charge >= 0.3 is 0 Å². The first-order valence-corrected chi connectivity index (χ1v) is 48.6. The average molecular weight is 1960 g/mol. The maximum absolute atomic E-state index is 15.4. The minimum absolute atomic E-state index is 0.00757. The van der Waals surface area contributed by atoms with E-state index in [1.165, 1.54) is 63.9 Å². The van der Waals surface area contributed by atoms with E-state index in [9.17, 15) is 72.5 Å². The molecule has 0 unspecified atom stereocenters. The molecule has 47 heteroatoms. The highest BCUT2D eigenvalue weighted by molar-refractivity contribution is 6.01. The first-order chi connectivity index (χ1) is 67.4. The van der Waals surface area contributed by atoms with Crippen LogP contribution < -0.4 is 97.0 Å². The van der Waals surface area contributed by atoms with E-state index in [-0.39, 0.29) is 121 Å². The van der Waals surface area contributed by atoms with Gasteiger partial charge in [0.15, 0.2) is 5.96 Å². The number of hydrogen-bond acceptors (Lipinski definition) is 26. The number of unbranched alkanes of at least 4 members (excludes halogenated alkanes) is 13. The summed E-state index contributed by atoms with van der Waals surface area (Å²) in [4.78, 5) is 237. The SMILES string of the molecule is CCCC[C@H](NC(=O)[C@@H](CO)NC(=O)[C@H](Cc1c[nH]cn1)NC(=O)[C@H](CCC(N)=O)NC(=O)[C@H](CNC(C)C)NC(=O)CNC(=O)COCCOCCNC(=O)CCCCCCCCCCCCCCCc1nnn[nH]1)C(=O)N[C@H]1CCC(=O)NCCCC[C@@H](C(N)=O)NC(=O)[C@H](Cc2c[nH]c3ccccc23)NC(=O)[C@H](CCCNC(=N)N)NC(=O)[C@@H](Cc2ccccc2)NC(=O)[C@@H]2C[C@@H](O)CN2C1=O. The molecular weight excluding hydrogens is 1820 g/mol. The number of carbonyl (C=O) groups excluding carboxylic acids is 16. The summed E-state index contributed by atoms with van der Waals surface area (Å²) in [6, 6.07) is -1.96. The lowest BCUT2D eigenvalue weighted by atomic mass is 10.0. The van der Waals surface area contributed by atoms with Gasteiger partial charge in [0.2, 0.25) is 94.5 Å². The number of imidazole rings is 1. The maximum atomic E-state index is 15.4. The lowest BCUT2D eigenvalue weighted by molar-refractivity contribution is -0.143. The van der Waals surface area contributed by atoms with Crippen LogP contribution in [-0.2, 0) is 112 Å². The second kappa shape index (κ2) is 63.4. The van der Waals surface area contributed by atoms with Gasteiger partial charge in [0.05, 0.1) is 51.1 Å². The Kier molecular flexibility index (Phi) is 51.6. The molecule has 772 valence electrons. The molecule has 5 aromatic rings. The van der Waals surface area contributed by atoms with Crippen molar-refractivity contribution in [1.29, 1.82) is 5.41 Å². The number of fused-ring (bicyclic) bond motifs is 2. The summed E-state index contributed by atoms with van der Waals surface area (Å²) in [5.41, 5.74) is 19.0. The van der Waals surface area contributed by atoms with Crippen molar-refractivity contribution in [2.24, 2.45) is 17.2 Å². The van der Waals surface area contributed by atoms with E-state index in [4.69, 9.17) is 32.1 Å². The van der Waals surface area contributed by atoms with Gasteiger partial charge in [-0.3, -0.25) is 82.1 Å². The highest BCUT2D eigenvalue weighted by atomic mass is 16.5. The predicted octanol–water partition coefficient (Wildman–Crippen LogP) is -2.51. The van der Waals surface area contributed by atoms with Gasteiger partial charge in [0.25, 0.3) is 0 Å². The average Bonchev–Trinajstić information content (AvgIpc) is 1.65. The van der Waals surface area contributed by atoms with Gasteiger partial charge in [-0.1, -0.05) is 153 Å². The third kappa shape index (κ3) is 43.1. The summed E-state index contributed by atoms with van der Waals surface area (Å²) in [5, 5.41) is 84.4. The number of tetrazole rings is 1. The maximum Gasteiger partial charge on any atom is 0.246 e. The normalized spacial score (nSPS) is 18.6. The minimum atomic E-state index is -1.91. The fraction of sp³-hybridized carbons (Fsp3) is 0.624. The lowest BCUT2D eigenvalue weighted by Crippen LogP contribution is -2.61. The van der Waals surface area contributed by atoms with Gasteiger partial charge in [0.1, 0.15) is 78.9 Å². The Labute approximate surface area is 813 Å². The number of aromatic amines is 3. The van der Waals surface area contributed by atoms with Gasteiger partial charge in [-0.15, -0.1) is 5.10 Å². The van der Waals surface area contributed by atoms with Crippen LogP contribution in [0.4, 0.5) is 0 Å². The van der Waals surface area contributed by atoms with Crippen LogP contribution in [0.25, 0.3) is 10.9 Å². The van der Waals surface area contributed by atoms with Crippen LogP contribution >= 0.6 is 0 Å². The number of nitrogens with one attached hydrogen (secondary N) is 19. The van der Waals surface area contributed by atoms with E-state index < -0.39 is 226 Å². The molecule has 3 aromatic heterocycles. The van der Waals surface area contributed by atoms with Crippen LogP contribution in [0.15, 0.2) is 73.3 Å². The Hall–Kier alpha value is -13.2. The van der Waals surface area contributed by atoms with Crippen LogP contribution in [-0.4, -0.2) is 302 Å². The number of aliphatic hydroxyl groups excluding tert-OH is 2.